The first-order chi connectivity index (χ1) is 7.74. The van der Waals surface area contributed by atoms with Crippen molar-refractivity contribution in [3.63, 3.8) is 0 Å². The Morgan fingerprint density at radius 2 is 1.76 bits per heavy atom. The van der Waals surface area contributed by atoms with E-state index in [2.05, 4.69) is 4.74 Å². The number of ether oxygens (including phenoxy) is 1. The molecule has 0 aromatic heterocycles. The summed E-state index contributed by atoms with van der Waals surface area (Å²) in [5.41, 5.74) is -2.33. The average Bonchev–Trinajstić information content (AvgIpc) is 2.15. The predicted octanol–water partition coefficient (Wildman–Crippen LogP) is 3.84. The molecule has 0 aromatic rings. The predicted molar refractivity (Wildman–Crippen MR) is 57.4 cm³/mol. The maximum Gasteiger partial charge on any atom is 0.428 e. The Labute approximate surface area is 99.5 Å². The standard InChI is InChI=1S/C12H19F3O2/c1-9(16)17-11(2,12(13,14)15)8-10-6-4-3-5-7-10/h10H,3-8H2,1-2H3. The van der Waals surface area contributed by atoms with Gasteiger partial charge in [-0.15, -0.1) is 0 Å². The van der Waals surface area contributed by atoms with E-state index in [9.17, 15) is 18.0 Å². The summed E-state index contributed by atoms with van der Waals surface area (Å²) in [6, 6.07) is 0. The molecule has 1 atom stereocenters. The van der Waals surface area contributed by atoms with Crippen molar-refractivity contribution < 1.29 is 22.7 Å². The minimum atomic E-state index is -4.50. The first-order valence-corrected chi connectivity index (χ1v) is 6.01. The van der Waals surface area contributed by atoms with E-state index < -0.39 is 17.7 Å². The lowest BCUT2D eigenvalue weighted by Gasteiger charge is -2.35. The van der Waals surface area contributed by atoms with Gasteiger partial charge in [0.25, 0.3) is 0 Å². The molecule has 0 saturated heterocycles. The van der Waals surface area contributed by atoms with E-state index >= 15 is 0 Å². The zero-order valence-corrected chi connectivity index (χ0v) is 10.3. The number of halogens is 3. The van der Waals surface area contributed by atoms with Gasteiger partial charge >= 0.3 is 12.1 Å². The van der Waals surface area contributed by atoms with E-state index in [-0.39, 0.29) is 12.3 Å². The van der Waals surface area contributed by atoms with Crippen LogP contribution in [0.2, 0.25) is 0 Å². The second kappa shape index (κ2) is 5.27. The molecule has 0 bridgehead atoms. The molecule has 1 saturated carbocycles. The van der Waals surface area contributed by atoms with E-state index in [1.165, 1.54) is 0 Å². The summed E-state index contributed by atoms with van der Waals surface area (Å²) >= 11 is 0. The van der Waals surface area contributed by atoms with Gasteiger partial charge in [0, 0.05) is 6.92 Å². The molecule has 0 aromatic carbocycles. The van der Waals surface area contributed by atoms with Crippen molar-refractivity contribution >= 4 is 5.97 Å². The third-order valence-electron chi connectivity index (χ3n) is 3.37. The van der Waals surface area contributed by atoms with Crippen molar-refractivity contribution in [3.8, 4) is 0 Å². The van der Waals surface area contributed by atoms with Crippen LogP contribution in [0.3, 0.4) is 0 Å². The largest absolute Gasteiger partial charge is 0.450 e. The normalized spacial score (nSPS) is 21.9. The Morgan fingerprint density at radius 1 is 1.24 bits per heavy atom. The van der Waals surface area contributed by atoms with E-state index in [1.807, 2.05) is 0 Å². The topological polar surface area (TPSA) is 26.3 Å². The van der Waals surface area contributed by atoms with E-state index in [0.29, 0.717) is 0 Å². The van der Waals surface area contributed by atoms with Gasteiger partial charge in [-0.05, 0) is 19.3 Å². The second-order valence-electron chi connectivity index (χ2n) is 5.03. The first kappa shape index (κ1) is 14.3. The van der Waals surface area contributed by atoms with Gasteiger partial charge in [-0.1, -0.05) is 32.1 Å². The van der Waals surface area contributed by atoms with E-state index in [0.717, 1.165) is 46.0 Å². The van der Waals surface area contributed by atoms with Crippen LogP contribution in [-0.4, -0.2) is 17.7 Å². The van der Waals surface area contributed by atoms with Crippen molar-refractivity contribution in [2.75, 3.05) is 0 Å². The number of rotatable bonds is 3. The molecule has 2 nitrogen and oxygen atoms in total. The monoisotopic (exact) mass is 252 g/mol. The smallest absolute Gasteiger partial charge is 0.428 e. The highest BCUT2D eigenvalue weighted by Gasteiger charge is 2.54. The third-order valence-corrected chi connectivity index (χ3v) is 3.37. The molecular formula is C12H19F3O2. The Morgan fingerprint density at radius 3 is 2.18 bits per heavy atom. The fourth-order valence-electron chi connectivity index (χ4n) is 2.47. The molecule has 1 aliphatic rings. The Hall–Kier alpha value is -0.740. The fourth-order valence-corrected chi connectivity index (χ4v) is 2.47. The van der Waals surface area contributed by atoms with Crippen LogP contribution < -0.4 is 0 Å². The minimum Gasteiger partial charge on any atom is -0.450 e. The summed E-state index contributed by atoms with van der Waals surface area (Å²) in [4.78, 5) is 10.8. The lowest BCUT2D eigenvalue weighted by molar-refractivity contribution is -0.268. The summed E-state index contributed by atoms with van der Waals surface area (Å²) in [5.74, 6) is -0.865. The third kappa shape index (κ3) is 3.89. The number of alkyl halides is 3. The van der Waals surface area contributed by atoms with Crippen molar-refractivity contribution in [1.82, 2.24) is 0 Å². The van der Waals surface area contributed by atoms with Gasteiger partial charge in [0.1, 0.15) is 0 Å². The SMILES string of the molecule is CC(=O)OC(C)(CC1CCCCC1)C(F)(F)F. The molecule has 100 valence electrons. The zero-order valence-electron chi connectivity index (χ0n) is 10.3. The molecule has 1 aliphatic carbocycles. The van der Waals surface area contributed by atoms with Crippen LogP contribution in [0.4, 0.5) is 13.2 Å². The summed E-state index contributed by atoms with van der Waals surface area (Å²) < 4.78 is 43.4. The Balaban J connectivity index is 2.72. The molecular weight excluding hydrogens is 233 g/mol. The lowest BCUT2D eigenvalue weighted by atomic mass is 9.81. The fraction of sp³-hybridized carbons (Fsp3) is 0.917. The summed E-state index contributed by atoms with van der Waals surface area (Å²) in [7, 11) is 0. The van der Waals surface area contributed by atoms with Crippen LogP contribution in [0.1, 0.15) is 52.4 Å². The van der Waals surface area contributed by atoms with Gasteiger partial charge in [0.2, 0.25) is 5.60 Å². The van der Waals surface area contributed by atoms with Crippen LogP contribution in [0.5, 0.6) is 0 Å². The van der Waals surface area contributed by atoms with Crippen LogP contribution in [-0.2, 0) is 9.53 Å². The maximum absolute atomic E-state index is 12.9. The number of esters is 1. The van der Waals surface area contributed by atoms with Crippen molar-refractivity contribution in [1.29, 1.82) is 0 Å². The van der Waals surface area contributed by atoms with Crippen LogP contribution in [0.15, 0.2) is 0 Å². The first-order valence-electron chi connectivity index (χ1n) is 6.01. The van der Waals surface area contributed by atoms with Crippen LogP contribution >= 0.6 is 0 Å². The summed E-state index contributed by atoms with van der Waals surface area (Å²) in [5, 5.41) is 0. The molecule has 0 aliphatic heterocycles. The number of hydrogen-bond acceptors (Lipinski definition) is 2. The van der Waals surface area contributed by atoms with Gasteiger partial charge in [-0.2, -0.15) is 13.2 Å². The van der Waals surface area contributed by atoms with Gasteiger partial charge < -0.3 is 4.74 Å². The highest BCUT2D eigenvalue weighted by Crippen LogP contribution is 2.41. The summed E-state index contributed by atoms with van der Waals surface area (Å²) in [6.07, 6.45) is 0.0101. The quantitative estimate of drug-likeness (QED) is 0.713. The van der Waals surface area contributed by atoms with Gasteiger partial charge in [0.05, 0.1) is 0 Å². The maximum atomic E-state index is 12.9. The molecule has 5 heteroatoms. The van der Waals surface area contributed by atoms with Gasteiger partial charge in [-0.3, -0.25) is 4.79 Å². The molecule has 0 heterocycles. The number of carbonyl (C=O) groups excluding carboxylic acids is 1. The minimum absolute atomic E-state index is 0.00900. The molecule has 1 fully saturated rings. The zero-order chi connectivity index (χ0) is 13.1. The molecule has 0 N–H and O–H groups in total. The Kier molecular flexibility index (Phi) is 4.44. The van der Waals surface area contributed by atoms with E-state index in [1.54, 1.807) is 0 Å². The van der Waals surface area contributed by atoms with Gasteiger partial charge in [-0.25, -0.2) is 0 Å². The number of carbonyl (C=O) groups is 1. The molecule has 0 spiro atoms. The van der Waals surface area contributed by atoms with Crippen molar-refractivity contribution in [2.45, 2.75) is 64.1 Å². The number of hydrogen-bond donors (Lipinski definition) is 0. The van der Waals surface area contributed by atoms with Crippen molar-refractivity contribution in [3.05, 3.63) is 0 Å². The molecule has 0 radical (unpaired) electrons. The molecule has 17 heavy (non-hydrogen) atoms. The molecule has 1 unspecified atom stereocenters. The summed E-state index contributed by atoms with van der Waals surface area (Å²) in [6.45, 7) is 1.99. The molecule has 0 amide bonds. The van der Waals surface area contributed by atoms with Crippen molar-refractivity contribution in [2.24, 2.45) is 5.92 Å². The highest BCUT2D eigenvalue weighted by atomic mass is 19.4. The second-order valence-corrected chi connectivity index (χ2v) is 5.03. The van der Waals surface area contributed by atoms with Crippen LogP contribution in [0.25, 0.3) is 0 Å². The van der Waals surface area contributed by atoms with Crippen LogP contribution in [0, 0.1) is 5.92 Å². The lowest BCUT2D eigenvalue weighted by Crippen LogP contribution is -2.47. The van der Waals surface area contributed by atoms with E-state index in [4.69, 9.17) is 0 Å². The Bertz CT molecular complexity index is 269. The molecule has 1 rings (SSSR count). The highest BCUT2D eigenvalue weighted by molar-refractivity contribution is 5.66. The van der Waals surface area contributed by atoms with Gasteiger partial charge in [0.15, 0.2) is 0 Å². The average molecular weight is 252 g/mol.